The van der Waals surface area contributed by atoms with Gasteiger partial charge in [-0.1, -0.05) is 61.3 Å². The van der Waals surface area contributed by atoms with E-state index in [4.69, 9.17) is 27.9 Å². The smallest absolute Gasteiger partial charge is 0.308 e. The fourth-order valence-electron chi connectivity index (χ4n) is 6.65. The van der Waals surface area contributed by atoms with Crippen LogP contribution >= 0.6 is 23.2 Å². The molecule has 0 radical (unpaired) electrons. The van der Waals surface area contributed by atoms with Gasteiger partial charge in [0.15, 0.2) is 0 Å². The second-order valence-corrected chi connectivity index (χ2v) is 12.5. The Morgan fingerprint density at radius 1 is 1.23 bits per heavy atom. The fourth-order valence-corrected chi connectivity index (χ4v) is 6.97. The first-order valence-corrected chi connectivity index (χ1v) is 14.8. The number of amides is 1. The Balaban J connectivity index is 1.70. The molecular formula is C32H40Cl2N2O4. The second-order valence-electron chi connectivity index (χ2n) is 11.7. The molecular weight excluding hydrogens is 547 g/mol. The lowest BCUT2D eigenvalue weighted by atomic mass is 9.56. The molecule has 1 saturated carbocycles. The molecule has 1 aliphatic heterocycles. The van der Waals surface area contributed by atoms with Gasteiger partial charge in [0.25, 0.3) is 0 Å². The molecule has 4 rings (SSSR count). The number of likely N-dealkylation sites (tertiary alicyclic amines) is 1. The lowest BCUT2D eigenvalue weighted by Gasteiger charge is -2.56. The van der Waals surface area contributed by atoms with E-state index in [0.717, 1.165) is 43.6 Å². The molecule has 2 fully saturated rings. The van der Waals surface area contributed by atoms with Crippen molar-refractivity contribution in [3.8, 4) is 5.75 Å². The molecule has 8 heteroatoms. The van der Waals surface area contributed by atoms with E-state index in [-0.39, 0.29) is 41.6 Å². The van der Waals surface area contributed by atoms with E-state index in [1.165, 1.54) is 6.92 Å². The molecule has 1 amide bonds. The molecule has 2 aliphatic rings. The normalized spacial score (nSPS) is 24.8. The van der Waals surface area contributed by atoms with Crippen molar-refractivity contribution in [1.29, 1.82) is 0 Å². The van der Waals surface area contributed by atoms with Gasteiger partial charge in [-0.2, -0.15) is 0 Å². The number of nitrogens with zero attached hydrogens (tertiary/aromatic N) is 2. The van der Waals surface area contributed by atoms with Crippen molar-refractivity contribution < 1.29 is 19.4 Å². The summed E-state index contributed by atoms with van der Waals surface area (Å²) in [5.74, 6) is 0.361. The Hall–Kier alpha value is -2.38. The molecule has 1 saturated heterocycles. The molecule has 1 unspecified atom stereocenters. The van der Waals surface area contributed by atoms with E-state index < -0.39 is 6.10 Å². The van der Waals surface area contributed by atoms with Gasteiger partial charge in [-0.15, -0.1) is 6.58 Å². The van der Waals surface area contributed by atoms with Crippen LogP contribution in [0.15, 0.2) is 55.1 Å². The Morgan fingerprint density at radius 2 is 2.00 bits per heavy atom. The number of rotatable bonds is 9. The van der Waals surface area contributed by atoms with Gasteiger partial charge >= 0.3 is 5.97 Å². The zero-order chi connectivity index (χ0) is 29.0. The van der Waals surface area contributed by atoms with Crippen LogP contribution in [-0.4, -0.2) is 65.1 Å². The van der Waals surface area contributed by atoms with E-state index in [0.29, 0.717) is 28.8 Å². The summed E-state index contributed by atoms with van der Waals surface area (Å²) in [6, 6.07) is 12.9. The quantitative estimate of drug-likeness (QED) is 0.224. The Kier molecular flexibility index (Phi) is 9.99. The number of carbonyl (C=O) groups is 2. The van der Waals surface area contributed by atoms with E-state index in [1.54, 1.807) is 18.2 Å². The maximum atomic E-state index is 13.9. The van der Waals surface area contributed by atoms with Gasteiger partial charge in [0.2, 0.25) is 5.91 Å². The summed E-state index contributed by atoms with van der Waals surface area (Å²) in [6.45, 7) is 12.4. The second kappa shape index (κ2) is 13.1. The highest BCUT2D eigenvalue weighted by Crippen LogP contribution is 2.51. The SMILES string of the molecule is C=CCN1CC[C@@]2(c3cccc(OC(C)=O)c3)C[C@@H](N(CC(C)C)C(=O)Cc3ccc(Cl)c(Cl)c3)CC(O)[C@@H]2C1. The highest BCUT2D eigenvalue weighted by atomic mass is 35.5. The zero-order valence-electron chi connectivity index (χ0n) is 23.6. The number of esters is 1. The highest BCUT2D eigenvalue weighted by Gasteiger charge is 2.53. The predicted octanol–water partition coefficient (Wildman–Crippen LogP) is 5.92. The summed E-state index contributed by atoms with van der Waals surface area (Å²) in [6.07, 6.45) is 3.56. The number of aliphatic hydroxyl groups excluding tert-OH is 1. The van der Waals surface area contributed by atoms with Gasteiger partial charge < -0.3 is 14.7 Å². The van der Waals surface area contributed by atoms with Crippen LogP contribution in [-0.2, 0) is 21.4 Å². The first-order chi connectivity index (χ1) is 19.0. The van der Waals surface area contributed by atoms with Crippen LogP contribution in [0.4, 0.5) is 0 Å². The third-order valence-electron chi connectivity index (χ3n) is 8.34. The van der Waals surface area contributed by atoms with Crippen molar-refractivity contribution >= 4 is 35.1 Å². The molecule has 1 N–H and O–H groups in total. The van der Waals surface area contributed by atoms with Crippen molar-refractivity contribution in [2.24, 2.45) is 11.8 Å². The minimum absolute atomic E-state index is 0.00986. The number of hydrogen-bond donors (Lipinski definition) is 1. The van der Waals surface area contributed by atoms with Crippen molar-refractivity contribution in [2.45, 2.75) is 64.0 Å². The molecule has 1 aliphatic carbocycles. The lowest BCUT2D eigenvalue weighted by Crippen LogP contribution is -2.61. The zero-order valence-corrected chi connectivity index (χ0v) is 25.1. The van der Waals surface area contributed by atoms with Crippen LogP contribution in [0.1, 0.15) is 51.2 Å². The van der Waals surface area contributed by atoms with Gasteiger partial charge in [0.05, 0.1) is 22.6 Å². The van der Waals surface area contributed by atoms with Gasteiger partial charge in [0.1, 0.15) is 5.75 Å². The molecule has 40 heavy (non-hydrogen) atoms. The van der Waals surface area contributed by atoms with Crippen LogP contribution in [0.2, 0.25) is 10.0 Å². The summed E-state index contributed by atoms with van der Waals surface area (Å²) in [5, 5.41) is 12.6. The van der Waals surface area contributed by atoms with Gasteiger partial charge in [-0.25, -0.2) is 0 Å². The van der Waals surface area contributed by atoms with E-state index >= 15 is 0 Å². The van der Waals surface area contributed by atoms with Crippen LogP contribution in [0, 0.1) is 11.8 Å². The van der Waals surface area contributed by atoms with E-state index in [9.17, 15) is 14.7 Å². The Labute approximate surface area is 247 Å². The van der Waals surface area contributed by atoms with E-state index in [2.05, 4.69) is 31.4 Å². The largest absolute Gasteiger partial charge is 0.427 e. The van der Waals surface area contributed by atoms with E-state index in [1.807, 2.05) is 29.2 Å². The minimum Gasteiger partial charge on any atom is -0.427 e. The summed E-state index contributed by atoms with van der Waals surface area (Å²) in [5.41, 5.74) is 1.47. The number of halogens is 2. The number of aliphatic hydroxyl groups is 1. The molecule has 216 valence electrons. The third-order valence-corrected chi connectivity index (χ3v) is 9.08. The van der Waals surface area contributed by atoms with Crippen molar-refractivity contribution in [1.82, 2.24) is 9.80 Å². The highest BCUT2D eigenvalue weighted by molar-refractivity contribution is 6.42. The molecule has 0 bridgehead atoms. The minimum atomic E-state index is -0.601. The number of benzene rings is 2. The predicted molar refractivity (Wildman–Crippen MR) is 160 cm³/mol. The third kappa shape index (κ3) is 6.91. The Morgan fingerprint density at radius 3 is 2.67 bits per heavy atom. The number of carbonyl (C=O) groups excluding carboxylic acids is 2. The summed E-state index contributed by atoms with van der Waals surface area (Å²) in [7, 11) is 0. The molecule has 6 nitrogen and oxygen atoms in total. The molecule has 0 aromatic heterocycles. The monoisotopic (exact) mass is 586 g/mol. The van der Waals surface area contributed by atoms with Crippen LogP contribution in [0.5, 0.6) is 5.75 Å². The first kappa shape index (κ1) is 30.6. The van der Waals surface area contributed by atoms with Crippen LogP contribution in [0.25, 0.3) is 0 Å². The maximum absolute atomic E-state index is 13.9. The van der Waals surface area contributed by atoms with Gasteiger partial charge in [-0.3, -0.25) is 14.5 Å². The molecule has 1 heterocycles. The average Bonchev–Trinajstić information content (AvgIpc) is 2.89. The maximum Gasteiger partial charge on any atom is 0.308 e. The summed E-state index contributed by atoms with van der Waals surface area (Å²) < 4.78 is 5.45. The molecule has 2 aromatic rings. The number of fused-ring (bicyclic) bond motifs is 1. The number of hydrogen-bond acceptors (Lipinski definition) is 5. The Bertz CT molecular complexity index is 1240. The molecule has 0 spiro atoms. The fraction of sp³-hybridized carbons (Fsp3) is 0.500. The lowest BCUT2D eigenvalue weighted by molar-refractivity contribution is -0.138. The first-order valence-electron chi connectivity index (χ1n) is 14.1. The van der Waals surface area contributed by atoms with Gasteiger partial charge in [0, 0.05) is 43.9 Å². The molecule has 4 atom stereocenters. The standard InChI is InChI=1S/C32H40Cl2N2O4/c1-5-12-35-13-11-32(24-7-6-8-26(16-24)40-22(4)37)18-25(17-30(38)27(32)20-35)36(19-21(2)3)31(39)15-23-9-10-28(33)29(34)14-23/h5-10,14,16,21,25,27,30,38H,1,11-13,15,17-20H2,2-4H3/t25-,27-,30?,32-/m0/s1. The average molecular weight is 588 g/mol. The number of piperidine rings is 1. The molecule has 2 aromatic carbocycles. The summed E-state index contributed by atoms with van der Waals surface area (Å²) >= 11 is 12.3. The van der Waals surface area contributed by atoms with Gasteiger partial charge in [-0.05, 0) is 67.1 Å². The van der Waals surface area contributed by atoms with Crippen molar-refractivity contribution in [2.75, 3.05) is 26.2 Å². The van der Waals surface area contributed by atoms with Crippen molar-refractivity contribution in [3.05, 3.63) is 76.3 Å². The van der Waals surface area contributed by atoms with Crippen LogP contribution in [0.3, 0.4) is 0 Å². The number of ether oxygens (including phenoxy) is 1. The van der Waals surface area contributed by atoms with Crippen molar-refractivity contribution in [3.63, 3.8) is 0 Å². The topological polar surface area (TPSA) is 70.1 Å². The van der Waals surface area contributed by atoms with Crippen LogP contribution < -0.4 is 4.74 Å². The summed E-state index contributed by atoms with van der Waals surface area (Å²) in [4.78, 5) is 29.9.